The third kappa shape index (κ3) is 5.49. The molecule has 0 saturated heterocycles. The Morgan fingerprint density at radius 1 is 1.00 bits per heavy atom. The minimum Gasteiger partial charge on any atom is -0.496 e. The van der Waals surface area contributed by atoms with Crippen molar-refractivity contribution in [1.29, 1.82) is 0 Å². The number of carbonyl (C=O) groups is 1. The Bertz CT molecular complexity index is 992. The van der Waals surface area contributed by atoms with E-state index in [0.29, 0.717) is 40.9 Å². The first-order chi connectivity index (χ1) is 14.0. The number of para-hydroxylation sites is 1. The van der Waals surface area contributed by atoms with Crippen LogP contribution < -0.4 is 4.74 Å². The summed E-state index contributed by atoms with van der Waals surface area (Å²) in [5, 5.41) is 1.12. The predicted octanol–water partition coefficient (Wildman–Crippen LogP) is 6.03. The van der Waals surface area contributed by atoms with E-state index in [0.717, 1.165) is 11.1 Å². The highest BCUT2D eigenvalue weighted by molar-refractivity contribution is 6.35. The lowest BCUT2D eigenvalue weighted by atomic mass is 10.1. The van der Waals surface area contributed by atoms with Crippen molar-refractivity contribution >= 4 is 29.1 Å². The van der Waals surface area contributed by atoms with Crippen LogP contribution in [0, 0.1) is 5.82 Å². The largest absolute Gasteiger partial charge is 0.496 e. The minimum absolute atomic E-state index is 0.194. The van der Waals surface area contributed by atoms with Gasteiger partial charge in [0.2, 0.25) is 0 Å². The van der Waals surface area contributed by atoms with Crippen molar-refractivity contribution < 1.29 is 13.9 Å². The van der Waals surface area contributed by atoms with Crippen LogP contribution in [0.3, 0.4) is 0 Å². The summed E-state index contributed by atoms with van der Waals surface area (Å²) in [6, 6.07) is 18.4. The van der Waals surface area contributed by atoms with Gasteiger partial charge in [-0.3, -0.25) is 4.79 Å². The molecule has 0 radical (unpaired) electrons. The van der Waals surface area contributed by atoms with E-state index in [9.17, 15) is 9.18 Å². The molecule has 0 aromatic heterocycles. The van der Waals surface area contributed by atoms with E-state index in [-0.39, 0.29) is 11.7 Å². The minimum atomic E-state index is -0.384. The highest BCUT2D eigenvalue weighted by Gasteiger charge is 2.18. The molecule has 3 aromatic rings. The number of ether oxygens (including phenoxy) is 1. The number of methoxy groups -OCH3 is 1. The van der Waals surface area contributed by atoms with E-state index in [1.807, 2.05) is 30.3 Å². The van der Waals surface area contributed by atoms with Gasteiger partial charge in [0.25, 0.3) is 5.91 Å². The Morgan fingerprint density at radius 3 is 2.41 bits per heavy atom. The molecule has 3 nitrogen and oxygen atoms in total. The molecular formula is C23H20Cl2FNO2. The topological polar surface area (TPSA) is 29.5 Å². The van der Waals surface area contributed by atoms with Crippen molar-refractivity contribution in [1.82, 2.24) is 4.90 Å². The number of benzene rings is 3. The van der Waals surface area contributed by atoms with Crippen LogP contribution in [0.2, 0.25) is 10.0 Å². The average Bonchev–Trinajstić information content (AvgIpc) is 2.72. The van der Waals surface area contributed by atoms with Crippen LogP contribution in [0.1, 0.15) is 21.5 Å². The second kappa shape index (κ2) is 9.77. The number of nitrogens with zero attached hydrogens (tertiary/aromatic N) is 1. The number of amides is 1. The molecule has 0 bridgehead atoms. The number of halogens is 3. The van der Waals surface area contributed by atoms with E-state index < -0.39 is 0 Å². The van der Waals surface area contributed by atoms with Crippen LogP contribution in [-0.2, 0) is 13.0 Å². The van der Waals surface area contributed by atoms with Crippen LogP contribution in [0.5, 0.6) is 5.75 Å². The molecule has 0 heterocycles. The first-order valence-electron chi connectivity index (χ1n) is 9.08. The third-order valence-corrected chi connectivity index (χ3v) is 5.19. The Labute approximate surface area is 179 Å². The Balaban J connectivity index is 1.85. The zero-order valence-electron chi connectivity index (χ0n) is 15.9. The van der Waals surface area contributed by atoms with Gasteiger partial charge >= 0.3 is 0 Å². The Hall–Kier alpha value is -2.56. The third-order valence-electron chi connectivity index (χ3n) is 4.60. The van der Waals surface area contributed by atoms with Crippen LogP contribution >= 0.6 is 23.2 Å². The van der Waals surface area contributed by atoms with Gasteiger partial charge < -0.3 is 9.64 Å². The second-order valence-electron chi connectivity index (χ2n) is 6.53. The standard InChI is InChI=1S/C23H20Cl2FNO2/c1-29-22-5-3-2-4-18(22)15-27(23(28)17-7-10-20(26)11-8-17)13-12-16-6-9-19(24)14-21(16)25/h2-11,14H,12-13,15H2,1H3. The first kappa shape index (κ1) is 21.2. The van der Waals surface area contributed by atoms with E-state index in [2.05, 4.69) is 0 Å². The molecule has 0 atom stereocenters. The van der Waals surface area contributed by atoms with Crippen LogP contribution in [0.15, 0.2) is 66.7 Å². The first-order valence-corrected chi connectivity index (χ1v) is 9.84. The van der Waals surface area contributed by atoms with Crippen molar-refractivity contribution in [2.24, 2.45) is 0 Å². The zero-order valence-corrected chi connectivity index (χ0v) is 17.4. The van der Waals surface area contributed by atoms with Crippen molar-refractivity contribution in [2.45, 2.75) is 13.0 Å². The molecule has 1 amide bonds. The van der Waals surface area contributed by atoms with Crippen molar-refractivity contribution in [3.63, 3.8) is 0 Å². The van der Waals surface area contributed by atoms with Gasteiger partial charge in [-0.25, -0.2) is 4.39 Å². The van der Waals surface area contributed by atoms with Gasteiger partial charge in [0.05, 0.1) is 7.11 Å². The van der Waals surface area contributed by atoms with Gasteiger partial charge in [0, 0.05) is 34.3 Å². The lowest BCUT2D eigenvalue weighted by Gasteiger charge is -2.24. The molecule has 6 heteroatoms. The number of rotatable bonds is 7. The lowest BCUT2D eigenvalue weighted by molar-refractivity contribution is 0.0744. The molecule has 0 aliphatic carbocycles. The molecule has 3 aromatic carbocycles. The molecule has 0 aliphatic heterocycles. The van der Waals surface area contributed by atoms with Crippen molar-refractivity contribution in [3.05, 3.63) is 99.3 Å². The second-order valence-corrected chi connectivity index (χ2v) is 7.37. The maximum Gasteiger partial charge on any atom is 0.254 e. The molecule has 29 heavy (non-hydrogen) atoms. The molecular weight excluding hydrogens is 412 g/mol. The highest BCUT2D eigenvalue weighted by atomic mass is 35.5. The fourth-order valence-corrected chi connectivity index (χ4v) is 3.55. The number of hydrogen-bond donors (Lipinski definition) is 0. The SMILES string of the molecule is COc1ccccc1CN(CCc1ccc(Cl)cc1Cl)C(=O)c1ccc(F)cc1. The molecule has 0 aliphatic rings. The number of carbonyl (C=O) groups excluding carboxylic acids is 1. The Kier molecular flexibility index (Phi) is 7.13. The summed E-state index contributed by atoms with van der Waals surface area (Å²) in [6.45, 7) is 0.779. The van der Waals surface area contributed by atoms with Crippen molar-refractivity contribution in [2.75, 3.05) is 13.7 Å². The molecule has 0 N–H and O–H groups in total. The van der Waals surface area contributed by atoms with Gasteiger partial charge in [0.1, 0.15) is 11.6 Å². The maximum absolute atomic E-state index is 13.3. The van der Waals surface area contributed by atoms with Crippen LogP contribution in [0.4, 0.5) is 4.39 Å². The number of hydrogen-bond acceptors (Lipinski definition) is 2. The summed E-state index contributed by atoms with van der Waals surface area (Å²) in [4.78, 5) is 14.8. The summed E-state index contributed by atoms with van der Waals surface area (Å²) in [5.41, 5.74) is 2.20. The fraction of sp³-hybridized carbons (Fsp3) is 0.174. The molecule has 0 unspecified atom stereocenters. The molecule has 150 valence electrons. The molecule has 3 rings (SSSR count). The normalized spacial score (nSPS) is 10.6. The molecule has 0 fully saturated rings. The monoisotopic (exact) mass is 431 g/mol. The van der Waals surface area contributed by atoms with E-state index >= 15 is 0 Å². The van der Waals surface area contributed by atoms with Crippen LogP contribution in [-0.4, -0.2) is 24.5 Å². The Morgan fingerprint density at radius 2 is 1.72 bits per heavy atom. The lowest BCUT2D eigenvalue weighted by Crippen LogP contribution is -2.32. The van der Waals surface area contributed by atoms with Gasteiger partial charge in [0.15, 0.2) is 0 Å². The summed E-state index contributed by atoms with van der Waals surface area (Å²) in [5.74, 6) is 0.126. The van der Waals surface area contributed by atoms with E-state index in [1.165, 1.54) is 24.3 Å². The maximum atomic E-state index is 13.3. The summed E-state index contributed by atoms with van der Waals surface area (Å²) >= 11 is 12.3. The average molecular weight is 432 g/mol. The van der Waals surface area contributed by atoms with Crippen LogP contribution in [0.25, 0.3) is 0 Å². The quantitative estimate of drug-likeness (QED) is 0.457. The van der Waals surface area contributed by atoms with Crippen molar-refractivity contribution in [3.8, 4) is 5.75 Å². The summed E-state index contributed by atoms with van der Waals surface area (Å²) in [6.07, 6.45) is 0.554. The zero-order chi connectivity index (χ0) is 20.8. The smallest absolute Gasteiger partial charge is 0.254 e. The fourth-order valence-electron chi connectivity index (χ4n) is 3.05. The van der Waals surface area contributed by atoms with Gasteiger partial charge in [-0.15, -0.1) is 0 Å². The summed E-state index contributed by atoms with van der Waals surface area (Å²) in [7, 11) is 1.60. The highest BCUT2D eigenvalue weighted by Crippen LogP contribution is 2.24. The van der Waals surface area contributed by atoms with Gasteiger partial charge in [-0.1, -0.05) is 47.5 Å². The van der Waals surface area contributed by atoms with E-state index in [4.69, 9.17) is 27.9 Å². The predicted molar refractivity (Wildman–Crippen MR) is 114 cm³/mol. The van der Waals surface area contributed by atoms with E-state index in [1.54, 1.807) is 24.1 Å². The summed E-state index contributed by atoms with van der Waals surface area (Å²) < 4.78 is 18.7. The van der Waals surface area contributed by atoms with Gasteiger partial charge in [-0.05, 0) is 54.4 Å². The van der Waals surface area contributed by atoms with Gasteiger partial charge in [-0.2, -0.15) is 0 Å². The molecule has 0 saturated carbocycles. The molecule has 0 spiro atoms.